The molecule has 0 bridgehead atoms. The van der Waals surface area contributed by atoms with E-state index < -0.39 is 5.91 Å². The second-order valence-corrected chi connectivity index (χ2v) is 4.53. The first-order valence-electron chi connectivity index (χ1n) is 5.55. The van der Waals surface area contributed by atoms with Gasteiger partial charge in [-0.2, -0.15) is 5.26 Å². The lowest BCUT2D eigenvalue weighted by molar-refractivity contribution is -0.117. The predicted molar refractivity (Wildman–Crippen MR) is 77.2 cm³/mol. The number of amides is 1. The van der Waals surface area contributed by atoms with Crippen molar-refractivity contribution in [2.45, 2.75) is 6.92 Å². The summed E-state index contributed by atoms with van der Waals surface area (Å²) in [6.45, 7) is 2.20. The van der Waals surface area contributed by atoms with Crippen LogP contribution in [0.5, 0.6) is 0 Å². The lowest BCUT2D eigenvalue weighted by Crippen LogP contribution is -2.26. The zero-order valence-electron chi connectivity index (χ0n) is 10.3. The highest BCUT2D eigenvalue weighted by Gasteiger charge is 2.07. The highest BCUT2D eigenvalue weighted by atomic mass is 35.5. The zero-order valence-corrected chi connectivity index (χ0v) is 11.8. The second-order valence-electron chi connectivity index (χ2n) is 3.72. The number of aryl methyl sites for hydroxylation is 1. The fourth-order valence-corrected chi connectivity index (χ4v) is 1.66. The molecule has 6 heteroatoms. The maximum Gasteiger partial charge on any atom is 0.263 e. The summed E-state index contributed by atoms with van der Waals surface area (Å²) in [7, 11) is 0. The van der Waals surface area contributed by atoms with E-state index >= 15 is 0 Å². The van der Waals surface area contributed by atoms with Gasteiger partial charge in [-0.05, 0) is 30.7 Å². The lowest BCUT2D eigenvalue weighted by atomic mass is 10.2. The van der Waals surface area contributed by atoms with Crippen LogP contribution in [0.2, 0.25) is 5.02 Å². The van der Waals surface area contributed by atoms with Crippen molar-refractivity contribution in [2.24, 2.45) is 0 Å². The van der Waals surface area contributed by atoms with Crippen molar-refractivity contribution in [3.63, 3.8) is 0 Å². The molecule has 0 fully saturated rings. The van der Waals surface area contributed by atoms with Gasteiger partial charge in [-0.25, -0.2) is 0 Å². The Kier molecular flexibility index (Phi) is 6.20. The average Bonchev–Trinajstić information content (AvgIpc) is 2.39. The number of carbonyl (C=O) groups excluding carboxylic acids is 1. The maximum absolute atomic E-state index is 11.6. The Morgan fingerprint density at radius 2 is 2.26 bits per heavy atom. The van der Waals surface area contributed by atoms with Crippen LogP contribution in [0.1, 0.15) is 5.56 Å². The lowest BCUT2D eigenvalue weighted by Gasteiger charge is -2.06. The molecule has 0 aliphatic carbocycles. The molecule has 0 saturated heterocycles. The van der Waals surface area contributed by atoms with Crippen LogP contribution in [-0.4, -0.2) is 18.3 Å². The summed E-state index contributed by atoms with van der Waals surface area (Å²) in [6.07, 6.45) is 1.36. The number of hydrogen-bond donors (Lipinski definition) is 2. The molecule has 1 rings (SSSR count). The fraction of sp³-hybridized carbons (Fsp3) is 0.231. The first-order chi connectivity index (χ1) is 9.08. The van der Waals surface area contributed by atoms with Gasteiger partial charge in [-0.15, -0.1) is 11.6 Å². The summed E-state index contributed by atoms with van der Waals surface area (Å²) in [5.74, 6) is -0.156. The number of benzene rings is 1. The van der Waals surface area contributed by atoms with E-state index in [1.807, 2.05) is 13.0 Å². The molecule has 0 aliphatic rings. The molecule has 4 nitrogen and oxygen atoms in total. The minimum absolute atomic E-state index is 0.0144. The highest BCUT2D eigenvalue weighted by molar-refractivity contribution is 6.30. The molecule has 0 spiro atoms. The zero-order chi connectivity index (χ0) is 14.3. The van der Waals surface area contributed by atoms with Crippen molar-refractivity contribution in [2.75, 3.05) is 17.7 Å². The summed E-state index contributed by atoms with van der Waals surface area (Å²) < 4.78 is 0. The van der Waals surface area contributed by atoms with Crippen molar-refractivity contribution in [1.29, 1.82) is 5.26 Å². The van der Waals surface area contributed by atoms with Gasteiger partial charge in [0.15, 0.2) is 0 Å². The molecule has 0 heterocycles. The minimum Gasteiger partial charge on any atom is -0.360 e. The van der Waals surface area contributed by atoms with Gasteiger partial charge in [0.2, 0.25) is 0 Å². The monoisotopic (exact) mass is 297 g/mol. The number of hydrogen-bond acceptors (Lipinski definition) is 3. The van der Waals surface area contributed by atoms with Gasteiger partial charge in [0, 0.05) is 29.3 Å². The molecule has 100 valence electrons. The van der Waals surface area contributed by atoms with E-state index in [1.165, 1.54) is 6.20 Å². The van der Waals surface area contributed by atoms with Gasteiger partial charge in [-0.1, -0.05) is 11.6 Å². The Labute approximate surface area is 122 Å². The number of nitrogens with one attached hydrogen (secondary N) is 2. The van der Waals surface area contributed by atoms with Crippen molar-refractivity contribution in [3.05, 3.63) is 40.6 Å². The summed E-state index contributed by atoms with van der Waals surface area (Å²) in [4.78, 5) is 11.6. The van der Waals surface area contributed by atoms with E-state index in [0.29, 0.717) is 17.4 Å². The summed E-state index contributed by atoms with van der Waals surface area (Å²) in [6, 6.07) is 7.12. The molecule has 1 aromatic rings. The molecular formula is C13H13Cl2N3O. The summed E-state index contributed by atoms with van der Waals surface area (Å²) >= 11 is 11.3. The largest absolute Gasteiger partial charge is 0.360 e. The molecule has 2 N–H and O–H groups in total. The molecule has 19 heavy (non-hydrogen) atoms. The van der Waals surface area contributed by atoms with Gasteiger partial charge >= 0.3 is 0 Å². The summed E-state index contributed by atoms with van der Waals surface area (Å²) in [5.41, 5.74) is 1.68. The van der Waals surface area contributed by atoms with Crippen molar-refractivity contribution in [1.82, 2.24) is 5.32 Å². The standard InChI is InChI=1S/C13H13Cl2N3O/c1-9-6-11(15)2-3-12(9)18-8-10(7-16)13(19)17-5-4-14/h2-3,6,8,18H,4-5H2,1H3,(H,17,19)/b10-8-. The van der Waals surface area contributed by atoms with Crippen LogP contribution in [0, 0.1) is 18.3 Å². The molecule has 0 aromatic heterocycles. The third-order valence-corrected chi connectivity index (χ3v) is 2.73. The van der Waals surface area contributed by atoms with Crippen molar-refractivity contribution >= 4 is 34.8 Å². The third kappa shape index (κ3) is 4.82. The van der Waals surface area contributed by atoms with Gasteiger partial charge in [-0.3, -0.25) is 4.79 Å². The smallest absolute Gasteiger partial charge is 0.263 e. The van der Waals surface area contributed by atoms with Crippen LogP contribution in [0.3, 0.4) is 0 Å². The van der Waals surface area contributed by atoms with Crippen molar-refractivity contribution < 1.29 is 4.79 Å². The van der Waals surface area contributed by atoms with Gasteiger partial charge in [0.05, 0.1) is 0 Å². The molecule has 1 aromatic carbocycles. The number of rotatable bonds is 5. The Balaban J connectivity index is 2.77. The third-order valence-electron chi connectivity index (χ3n) is 2.31. The fourth-order valence-electron chi connectivity index (χ4n) is 1.34. The highest BCUT2D eigenvalue weighted by Crippen LogP contribution is 2.19. The van der Waals surface area contributed by atoms with Gasteiger partial charge in [0.25, 0.3) is 5.91 Å². The second kappa shape index (κ2) is 7.67. The van der Waals surface area contributed by atoms with E-state index in [9.17, 15) is 4.79 Å². The quantitative estimate of drug-likeness (QED) is 0.499. The maximum atomic E-state index is 11.6. The van der Waals surface area contributed by atoms with E-state index in [-0.39, 0.29) is 5.57 Å². The topological polar surface area (TPSA) is 64.9 Å². The first-order valence-corrected chi connectivity index (χ1v) is 6.47. The molecule has 0 aliphatic heterocycles. The Bertz CT molecular complexity index is 535. The van der Waals surface area contributed by atoms with Crippen LogP contribution in [-0.2, 0) is 4.79 Å². The summed E-state index contributed by atoms with van der Waals surface area (Å²) in [5, 5.41) is 15.0. The first kappa shape index (κ1) is 15.4. The Morgan fingerprint density at radius 1 is 1.53 bits per heavy atom. The SMILES string of the molecule is Cc1cc(Cl)ccc1N/C=C(/C#N)C(=O)NCCCl. The number of alkyl halides is 1. The molecule has 1 amide bonds. The number of halogens is 2. The van der Waals surface area contributed by atoms with E-state index in [4.69, 9.17) is 28.5 Å². The van der Waals surface area contributed by atoms with Crippen LogP contribution >= 0.6 is 23.2 Å². The molecule has 0 unspecified atom stereocenters. The van der Waals surface area contributed by atoms with Crippen LogP contribution < -0.4 is 10.6 Å². The Hall–Kier alpha value is -1.70. The minimum atomic E-state index is -0.456. The number of anilines is 1. The van der Waals surface area contributed by atoms with Gasteiger partial charge in [0.1, 0.15) is 11.6 Å². The number of carbonyl (C=O) groups is 1. The molecule has 0 radical (unpaired) electrons. The van der Waals surface area contributed by atoms with Gasteiger partial charge < -0.3 is 10.6 Å². The molecular weight excluding hydrogens is 285 g/mol. The number of nitriles is 1. The number of nitrogens with zero attached hydrogens (tertiary/aromatic N) is 1. The van der Waals surface area contributed by atoms with Crippen LogP contribution in [0.25, 0.3) is 0 Å². The molecule has 0 saturated carbocycles. The van der Waals surface area contributed by atoms with Crippen molar-refractivity contribution in [3.8, 4) is 6.07 Å². The van der Waals surface area contributed by atoms with E-state index in [1.54, 1.807) is 18.2 Å². The normalized spacial score (nSPS) is 10.7. The van der Waals surface area contributed by atoms with Crippen LogP contribution in [0.15, 0.2) is 30.0 Å². The molecule has 0 atom stereocenters. The average molecular weight is 298 g/mol. The van der Waals surface area contributed by atoms with E-state index in [2.05, 4.69) is 10.6 Å². The van der Waals surface area contributed by atoms with Crippen LogP contribution in [0.4, 0.5) is 5.69 Å². The van der Waals surface area contributed by atoms with E-state index in [0.717, 1.165) is 11.3 Å². The Morgan fingerprint density at radius 3 is 2.84 bits per heavy atom. The predicted octanol–water partition coefficient (Wildman–Crippen LogP) is 2.82.